The molecule has 1 heterocycles. The third-order valence-corrected chi connectivity index (χ3v) is 5.74. The molecule has 0 unspecified atom stereocenters. The number of benzene rings is 1. The minimum atomic E-state index is -0.209. The third kappa shape index (κ3) is 2.00. The number of rotatable bonds is 2. The maximum atomic E-state index is 6.20. The predicted molar refractivity (Wildman–Crippen MR) is 83.3 cm³/mol. The minimum Gasteiger partial charge on any atom is -0.460 e. The van der Waals surface area contributed by atoms with Gasteiger partial charge in [-0.05, 0) is 48.8 Å². The molecule has 1 saturated heterocycles. The van der Waals surface area contributed by atoms with Crippen LogP contribution in [0.2, 0.25) is 5.02 Å². The van der Waals surface area contributed by atoms with E-state index in [-0.39, 0.29) is 23.0 Å². The predicted octanol–water partition coefficient (Wildman–Crippen LogP) is 3.90. The minimum absolute atomic E-state index is 0.0179. The van der Waals surface area contributed by atoms with E-state index in [0.717, 1.165) is 5.02 Å². The van der Waals surface area contributed by atoms with Gasteiger partial charge >= 0.3 is 5.24 Å². The van der Waals surface area contributed by atoms with Crippen molar-refractivity contribution in [2.45, 2.75) is 37.1 Å². The molecule has 2 bridgehead atoms. The Morgan fingerprint density at radius 1 is 1.33 bits per heavy atom. The zero-order valence-corrected chi connectivity index (χ0v) is 13.3. The molecule has 21 heavy (non-hydrogen) atoms. The quantitative estimate of drug-likeness (QED) is 0.610. The SMILES string of the molecule is COC(=S)O[C@H]1[C@H]2CC[C@H](C2)[C@]12O[C@H]2c1ccc(Cl)cc1. The smallest absolute Gasteiger partial charge is 0.352 e. The van der Waals surface area contributed by atoms with Crippen molar-refractivity contribution in [1.29, 1.82) is 0 Å². The van der Waals surface area contributed by atoms with Gasteiger partial charge in [0.25, 0.3) is 0 Å². The van der Waals surface area contributed by atoms with Crippen LogP contribution in [0.15, 0.2) is 24.3 Å². The van der Waals surface area contributed by atoms with Gasteiger partial charge in [0.1, 0.15) is 17.8 Å². The highest BCUT2D eigenvalue weighted by molar-refractivity contribution is 7.79. The Hall–Kier alpha value is -0.840. The third-order valence-electron chi connectivity index (χ3n) is 5.22. The molecular formula is C16H17ClO3S. The second-order valence-corrected chi connectivity index (χ2v) is 6.94. The molecule has 112 valence electrons. The first-order chi connectivity index (χ1) is 10.1. The van der Waals surface area contributed by atoms with E-state index in [4.69, 9.17) is 38.0 Å². The lowest BCUT2D eigenvalue weighted by molar-refractivity contribution is 0.0231. The van der Waals surface area contributed by atoms with Gasteiger partial charge in [-0.2, -0.15) is 0 Å². The van der Waals surface area contributed by atoms with E-state index < -0.39 is 0 Å². The number of ether oxygens (including phenoxy) is 3. The molecule has 5 heteroatoms. The molecule has 1 aromatic carbocycles. The first-order valence-corrected chi connectivity index (χ1v) is 8.11. The van der Waals surface area contributed by atoms with Crippen molar-refractivity contribution in [2.24, 2.45) is 11.8 Å². The average Bonchev–Trinajstić information content (AvgIpc) is 2.90. The van der Waals surface area contributed by atoms with Crippen LogP contribution in [-0.4, -0.2) is 24.1 Å². The van der Waals surface area contributed by atoms with Gasteiger partial charge in [-0.1, -0.05) is 23.7 Å². The van der Waals surface area contributed by atoms with Crippen molar-refractivity contribution in [3.05, 3.63) is 34.9 Å². The van der Waals surface area contributed by atoms with Gasteiger partial charge in [-0.15, -0.1) is 0 Å². The summed E-state index contributed by atoms with van der Waals surface area (Å²) < 4.78 is 17.1. The number of fused-ring (bicyclic) bond motifs is 3. The number of hydrogen-bond acceptors (Lipinski definition) is 4. The summed E-state index contributed by atoms with van der Waals surface area (Å²) in [6.07, 6.45) is 3.69. The molecule has 3 aliphatic rings. The summed E-state index contributed by atoms with van der Waals surface area (Å²) in [6, 6.07) is 7.91. The monoisotopic (exact) mass is 324 g/mol. The van der Waals surface area contributed by atoms with Gasteiger partial charge in [-0.3, -0.25) is 0 Å². The molecule has 3 nitrogen and oxygen atoms in total. The first-order valence-electron chi connectivity index (χ1n) is 7.33. The van der Waals surface area contributed by atoms with Gasteiger partial charge in [0, 0.05) is 17.2 Å². The van der Waals surface area contributed by atoms with E-state index >= 15 is 0 Å². The maximum absolute atomic E-state index is 6.20. The van der Waals surface area contributed by atoms with Crippen molar-refractivity contribution in [3.8, 4) is 0 Å². The number of hydrogen-bond donors (Lipinski definition) is 0. The maximum Gasteiger partial charge on any atom is 0.352 e. The zero-order chi connectivity index (χ0) is 14.6. The molecule has 0 radical (unpaired) electrons. The van der Waals surface area contributed by atoms with Crippen LogP contribution >= 0.6 is 23.8 Å². The molecule has 1 aliphatic heterocycles. The van der Waals surface area contributed by atoms with Crippen LogP contribution in [0.4, 0.5) is 0 Å². The molecule has 3 fully saturated rings. The van der Waals surface area contributed by atoms with Crippen molar-refractivity contribution >= 4 is 29.1 Å². The summed E-state index contributed by atoms with van der Waals surface area (Å²) in [5, 5.41) is 0.965. The standard InChI is InChI=1S/C16H17ClO3S/c1-18-15(21)19-13-10-2-5-11(8-10)16(13)14(20-16)9-3-6-12(17)7-4-9/h3-4,6-7,10-11,13-14H,2,5,8H2,1H3/t10-,11+,13-,14-,16-/m0/s1. The molecule has 5 atom stereocenters. The van der Waals surface area contributed by atoms with Crippen molar-refractivity contribution < 1.29 is 14.2 Å². The highest BCUT2D eigenvalue weighted by Crippen LogP contribution is 2.68. The summed E-state index contributed by atoms with van der Waals surface area (Å²) in [6.45, 7) is 0. The van der Waals surface area contributed by atoms with Crippen molar-refractivity contribution in [1.82, 2.24) is 0 Å². The van der Waals surface area contributed by atoms with Crippen LogP contribution in [0, 0.1) is 11.8 Å². The fraction of sp³-hybridized carbons (Fsp3) is 0.562. The van der Waals surface area contributed by atoms with Gasteiger partial charge in [0.15, 0.2) is 0 Å². The Labute approximate surface area is 134 Å². The lowest BCUT2D eigenvalue weighted by Crippen LogP contribution is -2.40. The van der Waals surface area contributed by atoms with Crippen LogP contribution in [-0.2, 0) is 14.2 Å². The summed E-state index contributed by atoms with van der Waals surface area (Å²) in [5.41, 5.74) is 0.961. The molecule has 0 amide bonds. The second kappa shape index (κ2) is 4.83. The van der Waals surface area contributed by atoms with E-state index in [1.807, 2.05) is 24.3 Å². The summed E-state index contributed by atoms with van der Waals surface area (Å²) in [7, 11) is 1.55. The fourth-order valence-corrected chi connectivity index (χ4v) is 4.53. The average molecular weight is 325 g/mol. The van der Waals surface area contributed by atoms with Gasteiger partial charge in [-0.25, -0.2) is 0 Å². The summed E-state index contributed by atoms with van der Waals surface area (Å²) in [4.78, 5) is 0. The Balaban J connectivity index is 1.61. The Morgan fingerprint density at radius 3 is 2.81 bits per heavy atom. The largest absolute Gasteiger partial charge is 0.460 e. The number of epoxide rings is 1. The van der Waals surface area contributed by atoms with Crippen LogP contribution < -0.4 is 0 Å². The lowest BCUT2D eigenvalue weighted by atomic mass is 9.81. The molecule has 2 saturated carbocycles. The van der Waals surface area contributed by atoms with E-state index in [1.165, 1.54) is 24.8 Å². The molecule has 2 aliphatic carbocycles. The first kappa shape index (κ1) is 13.8. The van der Waals surface area contributed by atoms with Gasteiger partial charge in [0.2, 0.25) is 0 Å². The number of methoxy groups -OCH3 is 1. The molecule has 0 N–H and O–H groups in total. The normalized spacial score (nSPS) is 39.5. The van der Waals surface area contributed by atoms with Gasteiger partial charge in [0.05, 0.1) is 7.11 Å². The molecular weight excluding hydrogens is 308 g/mol. The zero-order valence-electron chi connectivity index (χ0n) is 11.8. The molecule has 1 aromatic rings. The van der Waals surface area contributed by atoms with Crippen LogP contribution in [0.25, 0.3) is 0 Å². The topological polar surface area (TPSA) is 31.0 Å². The van der Waals surface area contributed by atoms with Crippen LogP contribution in [0.5, 0.6) is 0 Å². The van der Waals surface area contributed by atoms with Crippen molar-refractivity contribution in [3.63, 3.8) is 0 Å². The number of halogens is 1. The number of thiocarbonyl (C=S) groups is 1. The fourth-order valence-electron chi connectivity index (χ4n) is 4.30. The lowest BCUT2D eigenvalue weighted by Gasteiger charge is -2.29. The second-order valence-electron chi connectivity index (χ2n) is 6.17. The highest BCUT2D eigenvalue weighted by Gasteiger charge is 2.74. The summed E-state index contributed by atoms with van der Waals surface area (Å²) >= 11 is 11.1. The molecule has 1 spiro atoms. The Morgan fingerprint density at radius 2 is 2.10 bits per heavy atom. The van der Waals surface area contributed by atoms with E-state index in [2.05, 4.69) is 0 Å². The molecule has 4 rings (SSSR count). The Bertz CT molecular complexity index is 575. The highest BCUT2D eigenvalue weighted by atomic mass is 35.5. The molecule has 0 aromatic heterocycles. The van der Waals surface area contributed by atoms with Crippen LogP contribution in [0.1, 0.15) is 30.9 Å². The van der Waals surface area contributed by atoms with Crippen LogP contribution in [0.3, 0.4) is 0 Å². The van der Waals surface area contributed by atoms with Crippen molar-refractivity contribution in [2.75, 3.05) is 7.11 Å². The van der Waals surface area contributed by atoms with Gasteiger partial charge < -0.3 is 14.2 Å². The Kier molecular flexibility index (Phi) is 3.18. The summed E-state index contributed by atoms with van der Waals surface area (Å²) in [5.74, 6) is 1.09. The van der Waals surface area contributed by atoms with E-state index in [1.54, 1.807) is 7.11 Å². The van der Waals surface area contributed by atoms with E-state index in [0.29, 0.717) is 11.8 Å². The van der Waals surface area contributed by atoms with E-state index in [9.17, 15) is 0 Å².